The average molecular weight is 206 g/mol. The van der Waals surface area contributed by atoms with Gasteiger partial charge in [-0.25, -0.2) is 4.98 Å². The molecular formula is C12H18N2O. The van der Waals surface area contributed by atoms with Gasteiger partial charge < -0.3 is 9.30 Å². The van der Waals surface area contributed by atoms with Gasteiger partial charge in [-0.2, -0.15) is 0 Å². The van der Waals surface area contributed by atoms with Gasteiger partial charge in [0.15, 0.2) is 0 Å². The van der Waals surface area contributed by atoms with E-state index in [0.717, 1.165) is 31.6 Å². The fourth-order valence-corrected chi connectivity index (χ4v) is 2.37. The van der Waals surface area contributed by atoms with Gasteiger partial charge in [0.2, 0.25) is 0 Å². The van der Waals surface area contributed by atoms with Crippen LogP contribution in [0.2, 0.25) is 0 Å². The van der Waals surface area contributed by atoms with Crippen molar-refractivity contribution in [3.8, 4) is 0 Å². The molecule has 1 unspecified atom stereocenters. The molecule has 1 saturated carbocycles. The highest BCUT2D eigenvalue weighted by Crippen LogP contribution is 2.39. The van der Waals surface area contributed by atoms with Gasteiger partial charge in [0.25, 0.3) is 0 Å². The molecule has 1 aliphatic carbocycles. The lowest BCUT2D eigenvalue weighted by molar-refractivity contribution is 0.183. The first kappa shape index (κ1) is 9.40. The van der Waals surface area contributed by atoms with Crippen LogP contribution >= 0.6 is 0 Å². The summed E-state index contributed by atoms with van der Waals surface area (Å²) in [4.78, 5) is 4.26. The van der Waals surface area contributed by atoms with Gasteiger partial charge in [0.05, 0.1) is 6.33 Å². The van der Waals surface area contributed by atoms with Crippen LogP contribution in [0.3, 0.4) is 0 Å². The highest BCUT2D eigenvalue weighted by molar-refractivity contribution is 5.12. The van der Waals surface area contributed by atoms with E-state index in [-0.39, 0.29) is 0 Å². The fourth-order valence-electron chi connectivity index (χ4n) is 2.37. The van der Waals surface area contributed by atoms with Gasteiger partial charge in [-0.05, 0) is 31.6 Å². The Balaban J connectivity index is 1.58. The molecule has 0 amide bonds. The number of aryl methyl sites for hydroxylation is 1. The summed E-state index contributed by atoms with van der Waals surface area (Å²) in [5.74, 6) is 1.59. The third-order valence-electron chi connectivity index (χ3n) is 3.54. The van der Waals surface area contributed by atoms with E-state index in [4.69, 9.17) is 4.74 Å². The summed E-state index contributed by atoms with van der Waals surface area (Å²) in [6.45, 7) is 3.05. The molecular weight excluding hydrogens is 188 g/mol. The van der Waals surface area contributed by atoms with E-state index in [1.54, 1.807) is 0 Å². The van der Waals surface area contributed by atoms with Gasteiger partial charge in [0, 0.05) is 37.6 Å². The molecule has 3 heteroatoms. The van der Waals surface area contributed by atoms with E-state index in [9.17, 15) is 0 Å². The molecule has 1 aromatic rings. The number of rotatable bonds is 4. The summed E-state index contributed by atoms with van der Waals surface area (Å²) in [5.41, 5.74) is 1.45. The summed E-state index contributed by atoms with van der Waals surface area (Å²) in [6.07, 6.45) is 9.24. The largest absolute Gasteiger partial charge is 0.381 e. The molecule has 2 heterocycles. The molecule has 0 aromatic carbocycles. The normalized spacial score (nSPS) is 26.0. The minimum atomic E-state index is 0.777. The Morgan fingerprint density at radius 3 is 3.07 bits per heavy atom. The van der Waals surface area contributed by atoms with Gasteiger partial charge in [-0.3, -0.25) is 0 Å². The van der Waals surface area contributed by atoms with Crippen LogP contribution in [-0.4, -0.2) is 22.8 Å². The zero-order valence-corrected chi connectivity index (χ0v) is 9.06. The maximum Gasteiger partial charge on any atom is 0.0948 e. The number of imidazole rings is 1. The van der Waals surface area contributed by atoms with Gasteiger partial charge in [0.1, 0.15) is 0 Å². The van der Waals surface area contributed by atoms with Crippen molar-refractivity contribution in [3.05, 3.63) is 18.2 Å². The molecule has 82 valence electrons. The third-order valence-corrected chi connectivity index (χ3v) is 3.54. The molecule has 1 aliphatic heterocycles. The second-order valence-corrected chi connectivity index (χ2v) is 4.80. The molecule has 2 fully saturated rings. The van der Waals surface area contributed by atoms with E-state index in [0.29, 0.717) is 0 Å². The Labute approximate surface area is 90.5 Å². The molecule has 3 nitrogen and oxygen atoms in total. The molecule has 3 rings (SSSR count). The Kier molecular flexibility index (Phi) is 2.49. The van der Waals surface area contributed by atoms with Crippen molar-refractivity contribution < 1.29 is 4.74 Å². The van der Waals surface area contributed by atoms with E-state index in [1.165, 1.54) is 31.4 Å². The quantitative estimate of drug-likeness (QED) is 0.755. The molecule has 1 atom stereocenters. The molecule has 0 radical (unpaired) electrons. The highest BCUT2D eigenvalue weighted by atomic mass is 16.5. The molecule has 0 spiro atoms. The molecule has 1 saturated heterocycles. The molecule has 2 aliphatic rings. The third kappa shape index (κ3) is 2.07. The standard InChI is InChI=1S/C12H18N2O/c1-2-11(1)12-7-13-9-14(12)5-3-10-4-6-15-8-10/h7,9-11H,1-6,8H2. The highest BCUT2D eigenvalue weighted by Gasteiger charge is 2.27. The number of nitrogens with zero attached hydrogens (tertiary/aromatic N) is 2. The van der Waals surface area contributed by atoms with E-state index < -0.39 is 0 Å². The van der Waals surface area contributed by atoms with Crippen LogP contribution in [0.1, 0.15) is 37.3 Å². The number of aromatic nitrogens is 2. The van der Waals surface area contributed by atoms with Crippen LogP contribution in [0.4, 0.5) is 0 Å². The van der Waals surface area contributed by atoms with Crippen LogP contribution in [0.25, 0.3) is 0 Å². The van der Waals surface area contributed by atoms with E-state index >= 15 is 0 Å². The SMILES string of the molecule is c1ncn(CCC2CCOC2)c1C1CC1. The minimum Gasteiger partial charge on any atom is -0.381 e. The first-order valence-corrected chi connectivity index (χ1v) is 6.01. The molecule has 0 bridgehead atoms. The Morgan fingerprint density at radius 1 is 1.40 bits per heavy atom. The second-order valence-electron chi connectivity index (χ2n) is 4.80. The first-order chi connectivity index (χ1) is 7.43. The predicted molar refractivity (Wildman–Crippen MR) is 57.7 cm³/mol. The smallest absolute Gasteiger partial charge is 0.0948 e. The van der Waals surface area contributed by atoms with Crippen LogP contribution in [0, 0.1) is 5.92 Å². The van der Waals surface area contributed by atoms with Crippen LogP contribution in [-0.2, 0) is 11.3 Å². The summed E-state index contributed by atoms with van der Waals surface area (Å²) in [7, 11) is 0. The summed E-state index contributed by atoms with van der Waals surface area (Å²) in [6, 6.07) is 0. The minimum absolute atomic E-state index is 0.777. The lowest BCUT2D eigenvalue weighted by Crippen LogP contribution is -2.07. The molecule has 15 heavy (non-hydrogen) atoms. The Morgan fingerprint density at radius 2 is 2.33 bits per heavy atom. The van der Waals surface area contributed by atoms with Crippen molar-refractivity contribution in [1.29, 1.82) is 0 Å². The van der Waals surface area contributed by atoms with E-state index in [2.05, 4.69) is 9.55 Å². The summed E-state index contributed by atoms with van der Waals surface area (Å²) in [5, 5.41) is 0. The van der Waals surface area contributed by atoms with Crippen molar-refractivity contribution >= 4 is 0 Å². The van der Waals surface area contributed by atoms with Crippen LogP contribution < -0.4 is 0 Å². The summed E-state index contributed by atoms with van der Waals surface area (Å²) >= 11 is 0. The average Bonchev–Trinajstić information content (AvgIpc) is 2.81. The second kappa shape index (κ2) is 3.97. The van der Waals surface area contributed by atoms with Crippen molar-refractivity contribution in [3.63, 3.8) is 0 Å². The zero-order chi connectivity index (χ0) is 10.1. The van der Waals surface area contributed by atoms with Crippen molar-refractivity contribution in [2.75, 3.05) is 13.2 Å². The monoisotopic (exact) mass is 206 g/mol. The molecule has 0 N–H and O–H groups in total. The predicted octanol–water partition coefficient (Wildman–Crippen LogP) is 2.19. The Bertz CT molecular complexity index is 324. The molecule has 1 aromatic heterocycles. The maximum absolute atomic E-state index is 5.39. The van der Waals surface area contributed by atoms with Gasteiger partial charge >= 0.3 is 0 Å². The van der Waals surface area contributed by atoms with Crippen molar-refractivity contribution in [2.24, 2.45) is 5.92 Å². The lowest BCUT2D eigenvalue weighted by Gasteiger charge is -2.10. The maximum atomic E-state index is 5.39. The van der Waals surface area contributed by atoms with Crippen molar-refractivity contribution in [1.82, 2.24) is 9.55 Å². The fraction of sp³-hybridized carbons (Fsp3) is 0.750. The lowest BCUT2D eigenvalue weighted by atomic mass is 10.1. The van der Waals surface area contributed by atoms with Gasteiger partial charge in [-0.15, -0.1) is 0 Å². The van der Waals surface area contributed by atoms with E-state index in [1.807, 2.05) is 12.5 Å². The number of hydrogen-bond donors (Lipinski definition) is 0. The van der Waals surface area contributed by atoms with Crippen LogP contribution in [0.5, 0.6) is 0 Å². The number of hydrogen-bond acceptors (Lipinski definition) is 2. The van der Waals surface area contributed by atoms with Crippen molar-refractivity contribution in [2.45, 2.75) is 38.1 Å². The topological polar surface area (TPSA) is 27.1 Å². The first-order valence-electron chi connectivity index (χ1n) is 6.01. The Hall–Kier alpha value is -0.830. The summed E-state index contributed by atoms with van der Waals surface area (Å²) < 4.78 is 7.74. The zero-order valence-electron chi connectivity index (χ0n) is 9.06. The van der Waals surface area contributed by atoms with Gasteiger partial charge in [-0.1, -0.05) is 0 Å². The number of ether oxygens (including phenoxy) is 1. The van der Waals surface area contributed by atoms with Crippen LogP contribution in [0.15, 0.2) is 12.5 Å².